The summed E-state index contributed by atoms with van der Waals surface area (Å²) < 4.78 is 5.15. The molecule has 0 heterocycles. The van der Waals surface area contributed by atoms with Crippen LogP contribution in [0.4, 0.5) is 0 Å². The van der Waals surface area contributed by atoms with Gasteiger partial charge in [0.05, 0.1) is 12.5 Å². The van der Waals surface area contributed by atoms with Crippen LogP contribution in [-0.2, 0) is 19.1 Å². The molecule has 3 rings (SSSR count). The summed E-state index contributed by atoms with van der Waals surface area (Å²) in [6.07, 6.45) is 18.1. The highest BCUT2D eigenvalue weighted by atomic mass is 16.5. The third-order valence-corrected chi connectivity index (χ3v) is 8.09. The van der Waals surface area contributed by atoms with E-state index in [2.05, 4.69) is 32.9 Å². The number of unbranched alkanes of at least 4 members (excludes halogenated alkanes) is 1. The van der Waals surface area contributed by atoms with Gasteiger partial charge in [0.25, 0.3) is 0 Å². The number of ketones is 1. The van der Waals surface area contributed by atoms with Gasteiger partial charge in [0.2, 0.25) is 0 Å². The number of carbonyl (C=O) groups is 3. The number of hydrogen-bond acceptors (Lipinski definition) is 4. The fourth-order valence-corrected chi connectivity index (χ4v) is 6.19. The van der Waals surface area contributed by atoms with Gasteiger partial charge in [-0.1, -0.05) is 57.1 Å². The molecule has 1 saturated carbocycles. The maximum absolute atomic E-state index is 12.6. The Bertz CT molecular complexity index is 845. The molecule has 0 saturated heterocycles. The summed E-state index contributed by atoms with van der Waals surface area (Å²) in [7, 11) is 0. The minimum Gasteiger partial charge on any atom is -0.463 e. The van der Waals surface area contributed by atoms with Gasteiger partial charge in [0, 0.05) is 6.08 Å². The smallest absolute Gasteiger partial charge is 0.330 e. The highest BCUT2D eigenvalue weighted by molar-refractivity contribution is 6.01. The molecule has 0 radical (unpaired) electrons. The number of rotatable bonds is 8. The zero-order valence-corrected chi connectivity index (χ0v) is 20.0. The van der Waals surface area contributed by atoms with Crippen molar-refractivity contribution in [2.75, 3.05) is 6.61 Å². The van der Waals surface area contributed by atoms with E-state index >= 15 is 0 Å². The minimum atomic E-state index is -0.292. The number of esters is 1. The lowest BCUT2D eigenvalue weighted by atomic mass is 9.63. The van der Waals surface area contributed by atoms with Gasteiger partial charge < -0.3 is 4.74 Å². The van der Waals surface area contributed by atoms with Crippen LogP contribution in [0.15, 0.2) is 47.6 Å². The Morgan fingerprint density at radius 1 is 1.34 bits per heavy atom. The van der Waals surface area contributed by atoms with Crippen molar-refractivity contribution in [1.82, 2.24) is 0 Å². The molecule has 174 valence electrons. The van der Waals surface area contributed by atoms with Gasteiger partial charge >= 0.3 is 5.97 Å². The molecule has 0 amide bonds. The molecule has 1 fully saturated rings. The second-order valence-electron chi connectivity index (χ2n) is 10.2. The fraction of sp³-hybridized carbons (Fsp3) is 0.607. The van der Waals surface area contributed by atoms with Crippen molar-refractivity contribution in [3.63, 3.8) is 0 Å². The molecule has 0 N–H and O–H groups in total. The first kappa shape index (κ1) is 24.4. The van der Waals surface area contributed by atoms with Crippen LogP contribution in [0, 0.1) is 35.0 Å². The SMILES string of the molecule is CCCCOC(=O)/C=C\C=C/[C@H](C)[C@H]1CC[C@]2(C)C[C@@H]3C(C)=CC(=O)[C@H]3/C(C=O)=C\C[C@@H]12. The average Bonchev–Trinajstić information content (AvgIpc) is 3.20. The molecular formula is C28H38O4. The Morgan fingerprint density at radius 2 is 2.12 bits per heavy atom. The van der Waals surface area contributed by atoms with Crippen LogP contribution in [0.5, 0.6) is 0 Å². The highest BCUT2D eigenvalue weighted by Gasteiger charge is 2.50. The van der Waals surface area contributed by atoms with Crippen molar-refractivity contribution >= 4 is 18.0 Å². The predicted molar refractivity (Wildman–Crippen MR) is 127 cm³/mol. The van der Waals surface area contributed by atoms with Gasteiger partial charge in [-0.05, 0) is 79.8 Å². The Hall–Kier alpha value is -2.23. The van der Waals surface area contributed by atoms with Crippen LogP contribution in [0.2, 0.25) is 0 Å². The first-order valence-corrected chi connectivity index (χ1v) is 12.2. The number of carbonyl (C=O) groups excluding carboxylic acids is 3. The summed E-state index contributed by atoms with van der Waals surface area (Å²) in [6, 6.07) is 0. The summed E-state index contributed by atoms with van der Waals surface area (Å²) in [5.74, 6) is 1.04. The van der Waals surface area contributed by atoms with Gasteiger partial charge in [0.1, 0.15) is 6.29 Å². The zero-order valence-electron chi connectivity index (χ0n) is 20.0. The molecule has 6 atom stereocenters. The second-order valence-corrected chi connectivity index (χ2v) is 10.2. The van der Waals surface area contributed by atoms with Crippen LogP contribution >= 0.6 is 0 Å². The number of aldehydes is 1. The van der Waals surface area contributed by atoms with Crippen LogP contribution in [0.1, 0.15) is 66.2 Å². The van der Waals surface area contributed by atoms with E-state index in [1.807, 2.05) is 13.0 Å². The molecule has 4 nitrogen and oxygen atoms in total. The second kappa shape index (κ2) is 10.6. The molecule has 3 aliphatic carbocycles. The monoisotopic (exact) mass is 438 g/mol. The van der Waals surface area contributed by atoms with Crippen LogP contribution in [0.25, 0.3) is 0 Å². The molecule has 32 heavy (non-hydrogen) atoms. The zero-order chi connectivity index (χ0) is 23.3. The summed E-state index contributed by atoms with van der Waals surface area (Å²) in [5.41, 5.74) is 1.97. The summed E-state index contributed by atoms with van der Waals surface area (Å²) >= 11 is 0. The number of fused-ring (bicyclic) bond motifs is 2. The van der Waals surface area contributed by atoms with E-state index < -0.39 is 0 Å². The lowest BCUT2D eigenvalue weighted by Gasteiger charge is -2.40. The third kappa shape index (κ3) is 5.22. The fourth-order valence-electron chi connectivity index (χ4n) is 6.19. The first-order chi connectivity index (χ1) is 15.3. The first-order valence-electron chi connectivity index (χ1n) is 12.2. The van der Waals surface area contributed by atoms with Crippen LogP contribution in [-0.4, -0.2) is 24.6 Å². The number of hydrogen-bond donors (Lipinski definition) is 0. The molecule has 0 aromatic carbocycles. The van der Waals surface area contributed by atoms with Crippen molar-refractivity contribution in [1.29, 1.82) is 0 Å². The van der Waals surface area contributed by atoms with Crippen molar-refractivity contribution in [3.8, 4) is 0 Å². The Kier molecular flexibility index (Phi) is 8.08. The number of allylic oxidation sites excluding steroid dienone is 7. The molecule has 4 heteroatoms. The van der Waals surface area contributed by atoms with Gasteiger partial charge in [-0.25, -0.2) is 4.79 Å². The molecule has 0 aromatic rings. The normalized spacial score (nSPS) is 34.9. The summed E-state index contributed by atoms with van der Waals surface area (Å²) in [6.45, 7) is 9.21. The van der Waals surface area contributed by atoms with Gasteiger partial charge in [-0.15, -0.1) is 0 Å². The van der Waals surface area contributed by atoms with Crippen LogP contribution < -0.4 is 0 Å². The summed E-state index contributed by atoms with van der Waals surface area (Å²) in [4.78, 5) is 36.1. The van der Waals surface area contributed by atoms with Crippen molar-refractivity contribution in [3.05, 3.63) is 47.6 Å². The van der Waals surface area contributed by atoms with E-state index in [0.29, 0.717) is 29.9 Å². The van der Waals surface area contributed by atoms with E-state index in [-0.39, 0.29) is 29.0 Å². The topological polar surface area (TPSA) is 60.4 Å². The lowest BCUT2D eigenvalue weighted by molar-refractivity contribution is -0.137. The molecule has 0 aliphatic heterocycles. The maximum atomic E-state index is 12.6. The van der Waals surface area contributed by atoms with Crippen molar-refractivity contribution < 1.29 is 19.1 Å². The quantitative estimate of drug-likeness (QED) is 0.158. The van der Waals surface area contributed by atoms with E-state index in [1.54, 1.807) is 12.2 Å². The third-order valence-electron chi connectivity index (χ3n) is 8.09. The molecule has 0 aromatic heterocycles. The highest BCUT2D eigenvalue weighted by Crippen LogP contribution is 2.58. The van der Waals surface area contributed by atoms with Crippen LogP contribution in [0.3, 0.4) is 0 Å². The van der Waals surface area contributed by atoms with Crippen molar-refractivity contribution in [2.24, 2.45) is 35.0 Å². The van der Waals surface area contributed by atoms with Gasteiger partial charge in [0.15, 0.2) is 5.78 Å². The van der Waals surface area contributed by atoms with E-state index in [0.717, 1.165) is 50.4 Å². The standard InChI is InChI=1S/C28H38O4/c1-5-6-15-32-26(31)10-8-7-9-19(2)22-13-14-28(4)17-23-20(3)16-25(30)27(23)21(18-29)11-12-24(22)28/h7-11,16,18-19,22-24,27H,5-6,12-15,17H2,1-4H3/b9-7-,10-8-,21-11-/t19-,22+,23+,24-,27-,28+/m0/s1. The van der Waals surface area contributed by atoms with E-state index in [4.69, 9.17) is 4.74 Å². The van der Waals surface area contributed by atoms with E-state index in [9.17, 15) is 14.4 Å². The molecule has 0 spiro atoms. The maximum Gasteiger partial charge on any atom is 0.330 e. The molecule has 0 unspecified atom stereocenters. The molecule has 0 bridgehead atoms. The minimum absolute atomic E-state index is 0.0961. The Balaban J connectivity index is 1.70. The number of ether oxygens (including phenoxy) is 1. The summed E-state index contributed by atoms with van der Waals surface area (Å²) in [5, 5.41) is 0. The average molecular weight is 439 g/mol. The predicted octanol–water partition coefficient (Wildman–Crippen LogP) is 5.79. The molecule has 3 aliphatic rings. The van der Waals surface area contributed by atoms with Gasteiger partial charge in [-0.3, -0.25) is 9.59 Å². The lowest BCUT2D eigenvalue weighted by Crippen LogP contribution is -2.34. The van der Waals surface area contributed by atoms with Gasteiger partial charge in [-0.2, -0.15) is 0 Å². The Morgan fingerprint density at radius 3 is 2.84 bits per heavy atom. The molecular weight excluding hydrogens is 400 g/mol. The van der Waals surface area contributed by atoms with Crippen molar-refractivity contribution in [2.45, 2.75) is 66.2 Å². The van der Waals surface area contributed by atoms with E-state index in [1.165, 1.54) is 6.08 Å². The Labute approximate surface area is 192 Å². The largest absolute Gasteiger partial charge is 0.463 e.